The van der Waals surface area contributed by atoms with Crippen LogP contribution in [0.3, 0.4) is 0 Å². The van der Waals surface area contributed by atoms with Crippen molar-refractivity contribution in [2.24, 2.45) is 0 Å². The number of para-hydroxylation sites is 2. The summed E-state index contributed by atoms with van der Waals surface area (Å²) in [5.74, 6) is 0. The Balaban J connectivity index is 0.00000160. The van der Waals surface area contributed by atoms with E-state index in [1.54, 1.807) is 0 Å². The molecular weight excluding hydrogens is 411 g/mol. The van der Waals surface area contributed by atoms with E-state index in [2.05, 4.69) is 122 Å². The minimum Gasteiger partial charge on any atom is -1.00 e. The molecule has 0 spiro atoms. The van der Waals surface area contributed by atoms with Crippen molar-refractivity contribution in [3.8, 4) is 22.5 Å². The van der Waals surface area contributed by atoms with Gasteiger partial charge >= 0.3 is 0 Å². The van der Waals surface area contributed by atoms with Crippen molar-refractivity contribution in [2.75, 3.05) is 0 Å². The molecule has 2 aromatic carbocycles. The molecule has 154 valence electrons. The lowest BCUT2D eigenvalue weighted by Crippen LogP contribution is -3.00. The van der Waals surface area contributed by atoms with Crippen LogP contribution in [0.15, 0.2) is 85.5 Å². The van der Waals surface area contributed by atoms with Gasteiger partial charge in [0.25, 0.3) is 0 Å². The first kappa shape index (κ1) is 23.6. The molecule has 0 atom stereocenters. The highest BCUT2D eigenvalue weighted by atomic mass is 35.5. The standard InChI is InChI=1S/C26H26N2.2ClH/c1-19-7-5-8-20(2)25(19)27-15-11-23(12-16-27)24-13-17-28(18-14-24)26-21(3)9-6-10-22(26)4;;/h5-18H,1-4H3;2*1H/q+2;;/p-2. The van der Waals surface area contributed by atoms with Crippen LogP contribution in [0, 0.1) is 27.7 Å². The van der Waals surface area contributed by atoms with Crippen LogP contribution in [0.2, 0.25) is 0 Å². The van der Waals surface area contributed by atoms with E-state index in [-0.39, 0.29) is 24.8 Å². The summed E-state index contributed by atoms with van der Waals surface area (Å²) in [5, 5.41) is 0. The van der Waals surface area contributed by atoms with Crippen LogP contribution in [0.5, 0.6) is 0 Å². The molecule has 0 unspecified atom stereocenters. The number of rotatable bonds is 3. The van der Waals surface area contributed by atoms with Crippen molar-refractivity contribution in [3.05, 3.63) is 108 Å². The van der Waals surface area contributed by atoms with E-state index in [9.17, 15) is 0 Å². The number of hydrogen-bond acceptors (Lipinski definition) is 0. The van der Waals surface area contributed by atoms with E-state index in [0.29, 0.717) is 0 Å². The summed E-state index contributed by atoms with van der Waals surface area (Å²) in [5.41, 5.74) is 10.1. The van der Waals surface area contributed by atoms with Crippen LogP contribution in [0.1, 0.15) is 22.3 Å². The van der Waals surface area contributed by atoms with Crippen molar-refractivity contribution < 1.29 is 33.9 Å². The molecule has 30 heavy (non-hydrogen) atoms. The fourth-order valence-electron chi connectivity index (χ4n) is 3.96. The van der Waals surface area contributed by atoms with E-state index < -0.39 is 0 Å². The Hall–Kier alpha value is -2.68. The molecule has 0 saturated heterocycles. The smallest absolute Gasteiger partial charge is 0.216 e. The zero-order chi connectivity index (χ0) is 19.7. The van der Waals surface area contributed by atoms with Crippen molar-refractivity contribution >= 4 is 0 Å². The molecule has 0 saturated carbocycles. The number of aryl methyl sites for hydroxylation is 4. The molecular formula is C26H26Cl2N2. The third-order valence-corrected chi connectivity index (χ3v) is 5.39. The van der Waals surface area contributed by atoms with E-state index in [1.807, 2.05) is 0 Å². The fraction of sp³-hybridized carbons (Fsp3) is 0.154. The second kappa shape index (κ2) is 9.88. The molecule has 0 radical (unpaired) electrons. The van der Waals surface area contributed by atoms with Gasteiger partial charge in [-0.2, -0.15) is 9.13 Å². The van der Waals surface area contributed by atoms with Gasteiger partial charge in [-0.05, 0) is 38.8 Å². The molecule has 4 aromatic rings. The second-order valence-electron chi connectivity index (χ2n) is 7.47. The maximum absolute atomic E-state index is 2.20. The van der Waals surface area contributed by atoms with Gasteiger partial charge in [0.1, 0.15) is 0 Å². The molecule has 0 bridgehead atoms. The molecule has 4 heteroatoms. The molecule has 2 nitrogen and oxygen atoms in total. The number of nitrogens with zero attached hydrogens (tertiary/aromatic N) is 2. The maximum atomic E-state index is 2.20. The van der Waals surface area contributed by atoms with Crippen molar-refractivity contribution in [1.82, 2.24) is 0 Å². The summed E-state index contributed by atoms with van der Waals surface area (Å²) >= 11 is 0. The number of aromatic nitrogens is 2. The first-order valence-electron chi connectivity index (χ1n) is 9.71. The number of halogens is 2. The van der Waals surface area contributed by atoms with Gasteiger partial charge in [-0.15, -0.1) is 0 Å². The van der Waals surface area contributed by atoms with Crippen molar-refractivity contribution in [3.63, 3.8) is 0 Å². The molecule has 0 aliphatic rings. The first-order chi connectivity index (χ1) is 13.5. The predicted octanol–water partition coefficient (Wildman–Crippen LogP) is -0.851. The molecule has 0 N–H and O–H groups in total. The minimum atomic E-state index is 0. The number of benzene rings is 2. The molecule has 0 amide bonds. The zero-order valence-electron chi connectivity index (χ0n) is 17.7. The summed E-state index contributed by atoms with van der Waals surface area (Å²) in [4.78, 5) is 0. The highest BCUT2D eigenvalue weighted by molar-refractivity contribution is 5.61. The summed E-state index contributed by atoms with van der Waals surface area (Å²) in [7, 11) is 0. The van der Waals surface area contributed by atoms with Crippen LogP contribution in [-0.4, -0.2) is 0 Å². The van der Waals surface area contributed by atoms with Crippen LogP contribution in [-0.2, 0) is 0 Å². The molecule has 2 aromatic heterocycles. The van der Waals surface area contributed by atoms with E-state index in [4.69, 9.17) is 0 Å². The highest BCUT2D eigenvalue weighted by Gasteiger charge is 2.15. The first-order valence-corrected chi connectivity index (χ1v) is 9.71. The maximum Gasteiger partial charge on any atom is 0.216 e. The van der Waals surface area contributed by atoms with Crippen LogP contribution in [0.4, 0.5) is 0 Å². The van der Waals surface area contributed by atoms with Crippen molar-refractivity contribution in [2.45, 2.75) is 27.7 Å². The van der Waals surface area contributed by atoms with Gasteiger partial charge < -0.3 is 24.8 Å². The van der Waals surface area contributed by atoms with E-state index >= 15 is 0 Å². The summed E-state index contributed by atoms with van der Waals surface area (Å²) in [6, 6.07) is 21.6. The molecule has 2 heterocycles. The Kier molecular flexibility index (Phi) is 7.77. The van der Waals surface area contributed by atoms with Crippen molar-refractivity contribution in [1.29, 1.82) is 0 Å². The Labute approximate surface area is 191 Å². The third-order valence-electron chi connectivity index (χ3n) is 5.39. The lowest BCUT2D eigenvalue weighted by Gasteiger charge is -2.06. The average molecular weight is 437 g/mol. The molecule has 4 rings (SSSR count). The second-order valence-corrected chi connectivity index (χ2v) is 7.47. The van der Waals surface area contributed by atoms with Gasteiger partial charge in [0, 0.05) is 46.5 Å². The monoisotopic (exact) mass is 436 g/mol. The molecule has 0 aliphatic heterocycles. The van der Waals surface area contributed by atoms with Gasteiger partial charge in [0.15, 0.2) is 24.8 Å². The SMILES string of the molecule is Cc1cccc(C)c1-[n+]1ccc(-c2cc[n+](-c3c(C)cccc3C)cc2)cc1.[Cl-].[Cl-]. The summed E-state index contributed by atoms with van der Waals surface area (Å²) < 4.78 is 4.40. The van der Waals surface area contributed by atoms with Gasteiger partial charge in [-0.3, -0.25) is 0 Å². The summed E-state index contributed by atoms with van der Waals surface area (Å²) in [6.45, 7) is 8.64. The predicted molar refractivity (Wildman–Crippen MR) is 114 cm³/mol. The van der Waals surface area contributed by atoms with Crippen LogP contribution < -0.4 is 33.9 Å². The highest BCUT2D eigenvalue weighted by Crippen LogP contribution is 2.19. The van der Waals surface area contributed by atoms with Crippen LogP contribution >= 0.6 is 0 Å². The van der Waals surface area contributed by atoms with Gasteiger partial charge in [0.2, 0.25) is 11.4 Å². The quantitative estimate of drug-likeness (QED) is 0.369. The fourth-order valence-corrected chi connectivity index (χ4v) is 3.96. The lowest BCUT2D eigenvalue weighted by molar-refractivity contribution is -0.597. The molecule has 0 fully saturated rings. The average Bonchev–Trinajstić information content (AvgIpc) is 2.69. The summed E-state index contributed by atoms with van der Waals surface area (Å²) in [6.07, 6.45) is 8.60. The minimum absolute atomic E-state index is 0. The van der Waals surface area contributed by atoms with Gasteiger partial charge in [-0.1, -0.05) is 36.4 Å². The van der Waals surface area contributed by atoms with Gasteiger partial charge in [-0.25, -0.2) is 0 Å². The third kappa shape index (κ3) is 4.56. The van der Waals surface area contributed by atoms with Crippen LogP contribution in [0.25, 0.3) is 22.5 Å². The van der Waals surface area contributed by atoms with E-state index in [1.165, 1.54) is 44.8 Å². The lowest BCUT2D eigenvalue weighted by atomic mass is 10.1. The topological polar surface area (TPSA) is 7.76 Å². The Bertz CT molecular complexity index is 1000. The largest absolute Gasteiger partial charge is 1.00 e. The zero-order valence-corrected chi connectivity index (χ0v) is 19.2. The molecule has 0 aliphatic carbocycles. The Morgan fingerprint density at radius 2 is 0.700 bits per heavy atom. The number of pyridine rings is 2. The Morgan fingerprint density at radius 3 is 0.967 bits per heavy atom. The number of hydrogen-bond donors (Lipinski definition) is 0. The Morgan fingerprint density at radius 1 is 0.433 bits per heavy atom. The van der Waals surface area contributed by atoms with Gasteiger partial charge in [0.05, 0.1) is 0 Å². The normalized spacial score (nSPS) is 10.1. The van der Waals surface area contributed by atoms with E-state index in [0.717, 1.165) is 0 Å².